The van der Waals surface area contributed by atoms with Crippen molar-refractivity contribution in [2.24, 2.45) is 11.8 Å². The lowest BCUT2D eigenvalue weighted by atomic mass is 9.76. The molecule has 1 aliphatic rings. The molecule has 0 radical (unpaired) electrons. The Morgan fingerprint density at radius 1 is 1.43 bits per heavy atom. The first-order valence-electron chi connectivity index (χ1n) is 8.39. The van der Waals surface area contributed by atoms with Gasteiger partial charge in [-0.1, -0.05) is 19.8 Å². The minimum Gasteiger partial charge on any atom is -0.317 e. The Morgan fingerprint density at radius 3 is 2.86 bits per heavy atom. The summed E-state index contributed by atoms with van der Waals surface area (Å²) < 4.78 is 0. The second kappa shape index (κ2) is 8.25. The largest absolute Gasteiger partial charge is 0.317 e. The third kappa shape index (κ3) is 5.04. The zero-order chi connectivity index (χ0) is 15.2. The summed E-state index contributed by atoms with van der Waals surface area (Å²) in [4.78, 5) is 7.04. The normalized spacial score (nSPS) is 26.4. The van der Waals surface area contributed by atoms with Gasteiger partial charge in [-0.25, -0.2) is 4.98 Å². The van der Waals surface area contributed by atoms with Gasteiger partial charge in [0.1, 0.15) is 0 Å². The van der Waals surface area contributed by atoms with E-state index in [1.165, 1.54) is 49.4 Å². The smallest absolute Gasteiger partial charge is 0.0897 e. The Hall–Kier alpha value is -0.450. The summed E-state index contributed by atoms with van der Waals surface area (Å²) in [7, 11) is 4.37. The van der Waals surface area contributed by atoms with Crippen LogP contribution in [0.5, 0.6) is 0 Å². The molecular formula is C17H31N3S. The van der Waals surface area contributed by atoms with Gasteiger partial charge in [-0.2, -0.15) is 0 Å². The maximum absolute atomic E-state index is 4.59. The molecule has 1 saturated carbocycles. The molecule has 3 atom stereocenters. The summed E-state index contributed by atoms with van der Waals surface area (Å²) in [5.41, 5.74) is 1.22. The molecule has 0 aliphatic heterocycles. The molecule has 21 heavy (non-hydrogen) atoms. The molecular weight excluding hydrogens is 278 g/mol. The van der Waals surface area contributed by atoms with Crippen molar-refractivity contribution in [2.45, 2.75) is 58.5 Å². The third-order valence-corrected chi connectivity index (χ3v) is 5.63. The van der Waals surface area contributed by atoms with Gasteiger partial charge in [0.15, 0.2) is 0 Å². The Morgan fingerprint density at radius 2 is 2.24 bits per heavy atom. The number of nitrogens with zero attached hydrogens (tertiary/aromatic N) is 2. The van der Waals surface area contributed by atoms with E-state index in [2.05, 4.69) is 48.5 Å². The van der Waals surface area contributed by atoms with E-state index < -0.39 is 0 Å². The number of hydrogen-bond acceptors (Lipinski definition) is 4. The molecule has 1 N–H and O–H groups in total. The quantitative estimate of drug-likeness (QED) is 0.832. The van der Waals surface area contributed by atoms with Crippen LogP contribution < -0.4 is 5.32 Å². The predicted octanol–water partition coefficient (Wildman–Crippen LogP) is 3.69. The molecule has 1 heterocycles. The SMILES string of the molecule is CCCC1CCC(NC)C(CN(C)Cc2csc(C)n2)C1. The fourth-order valence-corrected chi connectivity index (χ4v) is 4.44. The maximum atomic E-state index is 4.59. The van der Waals surface area contributed by atoms with Crippen LogP contribution >= 0.6 is 11.3 Å². The number of nitrogens with one attached hydrogen (secondary N) is 1. The van der Waals surface area contributed by atoms with E-state index in [-0.39, 0.29) is 0 Å². The van der Waals surface area contributed by atoms with Gasteiger partial charge in [0.05, 0.1) is 10.7 Å². The fraction of sp³-hybridized carbons (Fsp3) is 0.824. The number of thiazole rings is 1. The predicted molar refractivity (Wildman–Crippen MR) is 91.8 cm³/mol. The molecule has 4 heteroatoms. The summed E-state index contributed by atoms with van der Waals surface area (Å²) in [5, 5.41) is 6.92. The van der Waals surface area contributed by atoms with Crippen molar-refractivity contribution >= 4 is 11.3 Å². The van der Waals surface area contributed by atoms with Gasteiger partial charge < -0.3 is 10.2 Å². The van der Waals surface area contributed by atoms with E-state index in [4.69, 9.17) is 0 Å². The number of hydrogen-bond donors (Lipinski definition) is 1. The lowest BCUT2D eigenvalue weighted by Gasteiger charge is -2.38. The Kier molecular flexibility index (Phi) is 6.65. The summed E-state index contributed by atoms with van der Waals surface area (Å²) in [6, 6.07) is 0.692. The second-order valence-corrected chi connectivity index (χ2v) is 7.74. The van der Waals surface area contributed by atoms with E-state index in [0.29, 0.717) is 6.04 Å². The van der Waals surface area contributed by atoms with E-state index in [9.17, 15) is 0 Å². The molecule has 0 bridgehead atoms. The summed E-state index contributed by atoms with van der Waals surface area (Å²) in [6.45, 7) is 6.57. The molecule has 3 unspecified atom stereocenters. The van der Waals surface area contributed by atoms with Crippen LogP contribution in [0.25, 0.3) is 0 Å². The monoisotopic (exact) mass is 309 g/mol. The van der Waals surface area contributed by atoms with Gasteiger partial charge in [-0.3, -0.25) is 0 Å². The van der Waals surface area contributed by atoms with Gasteiger partial charge >= 0.3 is 0 Å². The Balaban J connectivity index is 1.88. The van der Waals surface area contributed by atoms with Crippen LogP contribution in [0.4, 0.5) is 0 Å². The van der Waals surface area contributed by atoms with Gasteiger partial charge in [0.2, 0.25) is 0 Å². The van der Waals surface area contributed by atoms with Crippen LogP contribution in [-0.2, 0) is 6.54 Å². The Bertz CT molecular complexity index is 418. The molecule has 1 aromatic rings. The zero-order valence-electron chi connectivity index (χ0n) is 14.1. The zero-order valence-corrected chi connectivity index (χ0v) is 14.9. The van der Waals surface area contributed by atoms with Gasteiger partial charge in [0.25, 0.3) is 0 Å². The second-order valence-electron chi connectivity index (χ2n) is 6.68. The van der Waals surface area contributed by atoms with E-state index in [1.807, 2.05) is 0 Å². The van der Waals surface area contributed by atoms with Crippen molar-refractivity contribution in [1.82, 2.24) is 15.2 Å². The first kappa shape index (κ1) is 16.9. The van der Waals surface area contributed by atoms with Crippen molar-refractivity contribution in [2.75, 3.05) is 20.6 Å². The molecule has 0 spiro atoms. The summed E-state index contributed by atoms with van der Waals surface area (Å²) in [5.74, 6) is 1.73. The Labute approximate surface area is 134 Å². The average Bonchev–Trinajstić information content (AvgIpc) is 2.84. The van der Waals surface area contributed by atoms with Crippen LogP contribution in [0.3, 0.4) is 0 Å². The van der Waals surface area contributed by atoms with Crippen LogP contribution in [0.2, 0.25) is 0 Å². The van der Waals surface area contributed by atoms with Crippen LogP contribution in [0.1, 0.15) is 49.7 Å². The maximum Gasteiger partial charge on any atom is 0.0897 e. The highest BCUT2D eigenvalue weighted by Crippen LogP contribution is 2.32. The van der Waals surface area contributed by atoms with Crippen molar-refractivity contribution in [3.63, 3.8) is 0 Å². The number of rotatable bonds is 7. The fourth-order valence-electron chi connectivity index (χ4n) is 3.84. The van der Waals surface area contributed by atoms with E-state index in [1.54, 1.807) is 11.3 Å². The van der Waals surface area contributed by atoms with Crippen LogP contribution in [0.15, 0.2) is 5.38 Å². The topological polar surface area (TPSA) is 28.2 Å². The van der Waals surface area contributed by atoms with Gasteiger partial charge in [-0.05, 0) is 52.1 Å². The first-order valence-corrected chi connectivity index (χ1v) is 9.27. The molecule has 2 rings (SSSR count). The highest BCUT2D eigenvalue weighted by Gasteiger charge is 2.29. The highest BCUT2D eigenvalue weighted by atomic mass is 32.1. The first-order chi connectivity index (χ1) is 10.1. The average molecular weight is 310 g/mol. The third-order valence-electron chi connectivity index (χ3n) is 4.80. The molecule has 0 saturated heterocycles. The van der Waals surface area contributed by atoms with Crippen molar-refractivity contribution in [1.29, 1.82) is 0 Å². The number of aromatic nitrogens is 1. The minimum absolute atomic E-state index is 0.692. The lowest BCUT2D eigenvalue weighted by Crippen LogP contribution is -2.43. The lowest BCUT2D eigenvalue weighted by molar-refractivity contribution is 0.150. The van der Waals surface area contributed by atoms with Gasteiger partial charge in [-0.15, -0.1) is 11.3 Å². The molecule has 1 fully saturated rings. The molecule has 1 aromatic heterocycles. The molecule has 120 valence electrons. The minimum atomic E-state index is 0.692. The van der Waals surface area contributed by atoms with E-state index >= 15 is 0 Å². The molecule has 1 aliphatic carbocycles. The van der Waals surface area contributed by atoms with Crippen molar-refractivity contribution in [3.05, 3.63) is 16.1 Å². The van der Waals surface area contributed by atoms with Crippen LogP contribution in [-0.4, -0.2) is 36.6 Å². The summed E-state index contributed by atoms with van der Waals surface area (Å²) in [6.07, 6.45) is 6.87. The standard InChI is InChI=1S/C17H31N3S/c1-5-6-14-7-8-17(18-3)15(9-14)10-20(4)11-16-12-21-13(2)19-16/h12,14-15,17-18H,5-11H2,1-4H3. The highest BCUT2D eigenvalue weighted by molar-refractivity contribution is 7.09. The molecule has 0 aromatic carbocycles. The summed E-state index contributed by atoms with van der Waals surface area (Å²) >= 11 is 1.75. The molecule has 0 amide bonds. The van der Waals surface area contributed by atoms with E-state index in [0.717, 1.165) is 18.4 Å². The van der Waals surface area contributed by atoms with Crippen LogP contribution in [0, 0.1) is 18.8 Å². The molecule has 3 nitrogen and oxygen atoms in total. The van der Waals surface area contributed by atoms with Crippen molar-refractivity contribution in [3.8, 4) is 0 Å². The van der Waals surface area contributed by atoms with Crippen molar-refractivity contribution < 1.29 is 0 Å². The number of aryl methyl sites for hydroxylation is 1. The van der Waals surface area contributed by atoms with Gasteiger partial charge in [0, 0.05) is 24.5 Å².